The van der Waals surface area contributed by atoms with Gasteiger partial charge < -0.3 is 14.8 Å². The lowest BCUT2D eigenvalue weighted by Gasteiger charge is -2.41. The molecule has 88 valence electrons. The van der Waals surface area contributed by atoms with Crippen molar-refractivity contribution in [2.45, 2.75) is 64.5 Å². The largest absolute Gasteiger partial charge is 0.544 e. The molecular weight excluding hydrogens is 190 g/mol. The van der Waals surface area contributed by atoms with Gasteiger partial charge >= 0.3 is 0 Å². The zero-order valence-corrected chi connectivity index (χ0v) is 10.1. The fourth-order valence-corrected chi connectivity index (χ4v) is 2.82. The molecule has 1 aliphatic rings. The van der Waals surface area contributed by atoms with Crippen LogP contribution in [0.4, 0.5) is 0 Å². The van der Waals surface area contributed by atoms with Crippen LogP contribution in [0.3, 0.4) is 0 Å². The molecule has 3 heteroatoms. The third kappa shape index (κ3) is 2.71. The van der Waals surface area contributed by atoms with Gasteiger partial charge in [-0.05, 0) is 46.5 Å². The van der Waals surface area contributed by atoms with Gasteiger partial charge in [-0.1, -0.05) is 6.42 Å². The summed E-state index contributed by atoms with van der Waals surface area (Å²) in [5.41, 5.74) is -0.753. The zero-order valence-electron chi connectivity index (χ0n) is 10.1. The Morgan fingerprint density at radius 2 is 1.87 bits per heavy atom. The number of quaternary nitrogens is 1. The highest BCUT2D eigenvalue weighted by molar-refractivity contribution is 5.73. The van der Waals surface area contributed by atoms with Crippen LogP contribution in [0.15, 0.2) is 0 Å². The molecule has 0 heterocycles. The van der Waals surface area contributed by atoms with Gasteiger partial charge in [0, 0.05) is 0 Å². The molecule has 0 saturated heterocycles. The van der Waals surface area contributed by atoms with Gasteiger partial charge in [-0.15, -0.1) is 0 Å². The minimum absolute atomic E-state index is 0.511. The Morgan fingerprint density at radius 1 is 1.33 bits per heavy atom. The SMILES string of the molecule is CC[NH+](C1CCCCC1)C(C)(C)C(=O)[O-]. The Balaban J connectivity index is 2.72. The van der Waals surface area contributed by atoms with Crippen molar-refractivity contribution >= 4 is 5.97 Å². The van der Waals surface area contributed by atoms with Crippen molar-refractivity contribution in [2.24, 2.45) is 0 Å². The van der Waals surface area contributed by atoms with Crippen molar-refractivity contribution in [3.63, 3.8) is 0 Å². The highest BCUT2D eigenvalue weighted by Crippen LogP contribution is 2.16. The lowest BCUT2D eigenvalue weighted by molar-refractivity contribution is -0.964. The molecule has 0 aromatic carbocycles. The maximum absolute atomic E-state index is 11.1. The van der Waals surface area contributed by atoms with Crippen molar-refractivity contribution < 1.29 is 14.8 Å². The third-order valence-electron chi connectivity index (χ3n) is 3.79. The maximum Gasteiger partial charge on any atom is 0.132 e. The second-order valence-electron chi connectivity index (χ2n) is 5.13. The van der Waals surface area contributed by atoms with Crippen LogP contribution in [0.2, 0.25) is 0 Å². The van der Waals surface area contributed by atoms with Gasteiger partial charge in [-0.2, -0.15) is 0 Å². The minimum Gasteiger partial charge on any atom is -0.544 e. The first kappa shape index (κ1) is 12.5. The molecule has 1 rings (SSSR count). The van der Waals surface area contributed by atoms with Gasteiger partial charge in [0.15, 0.2) is 0 Å². The Morgan fingerprint density at radius 3 is 2.27 bits per heavy atom. The van der Waals surface area contributed by atoms with E-state index in [-0.39, 0.29) is 0 Å². The first-order valence-electron chi connectivity index (χ1n) is 6.07. The van der Waals surface area contributed by atoms with E-state index in [9.17, 15) is 9.90 Å². The number of rotatable bonds is 4. The van der Waals surface area contributed by atoms with Crippen molar-refractivity contribution in [2.75, 3.05) is 6.54 Å². The number of aliphatic carboxylic acids is 1. The molecule has 0 radical (unpaired) electrons. The number of carbonyl (C=O) groups is 1. The van der Waals surface area contributed by atoms with Crippen molar-refractivity contribution in [1.82, 2.24) is 0 Å². The number of likely N-dealkylation sites (N-methyl/N-ethyl adjacent to an activating group) is 1. The Kier molecular flexibility index (Phi) is 4.14. The van der Waals surface area contributed by atoms with E-state index in [4.69, 9.17) is 0 Å². The van der Waals surface area contributed by atoms with Crippen molar-refractivity contribution in [3.8, 4) is 0 Å². The minimum atomic E-state index is -0.926. The van der Waals surface area contributed by atoms with Crippen molar-refractivity contribution in [1.29, 1.82) is 0 Å². The summed E-state index contributed by atoms with van der Waals surface area (Å²) in [7, 11) is 0. The summed E-state index contributed by atoms with van der Waals surface area (Å²) >= 11 is 0. The lowest BCUT2D eigenvalue weighted by Crippen LogP contribution is -3.24. The molecule has 0 amide bonds. The molecule has 1 N–H and O–H groups in total. The highest BCUT2D eigenvalue weighted by atomic mass is 16.4. The highest BCUT2D eigenvalue weighted by Gasteiger charge is 2.37. The topological polar surface area (TPSA) is 44.6 Å². The molecule has 3 nitrogen and oxygen atoms in total. The molecule has 1 aliphatic carbocycles. The predicted molar refractivity (Wildman–Crippen MR) is 57.5 cm³/mol. The van der Waals surface area contributed by atoms with E-state index >= 15 is 0 Å². The number of carboxylic acid groups (broad SMARTS) is 1. The Labute approximate surface area is 92.5 Å². The van der Waals surface area contributed by atoms with E-state index in [0.717, 1.165) is 6.54 Å². The van der Waals surface area contributed by atoms with Gasteiger partial charge in [0.05, 0.1) is 12.6 Å². The molecule has 0 bridgehead atoms. The quantitative estimate of drug-likeness (QED) is 0.700. The molecule has 1 unspecified atom stereocenters. The number of hydrogen-bond donors (Lipinski definition) is 1. The molecule has 1 saturated carbocycles. The second kappa shape index (κ2) is 4.97. The van der Waals surface area contributed by atoms with Crippen LogP contribution in [-0.2, 0) is 4.79 Å². The van der Waals surface area contributed by atoms with Gasteiger partial charge in [-0.25, -0.2) is 0 Å². The molecule has 1 atom stereocenters. The Hall–Kier alpha value is -0.570. The average molecular weight is 213 g/mol. The van der Waals surface area contributed by atoms with Crippen LogP contribution >= 0.6 is 0 Å². The predicted octanol–water partition coefficient (Wildman–Crippen LogP) is -0.248. The molecule has 0 aromatic rings. The van der Waals surface area contributed by atoms with Crippen LogP contribution in [0.5, 0.6) is 0 Å². The standard InChI is InChI=1S/C12H23NO2/c1-4-13(12(2,3)11(14)15)10-8-6-5-7-9-10/h10H,4-9H2,1-3H3,(H,14,15). The van der Waals surface area contributed by atoms with E-state index in [1.165, 1.54) is 37.0 Å². The van der Waals surface area contributed by atoms with Gasteiger partial charge in [0.1, 0.15) is 11.5 Å². The number of carboxylic acids is 1. The summed E-state index contributed by atoms with van der Waals surface area (Å²) in [6.45, 7) is 6.51. The van der Waals surface area contributed by atoms with E-state index in [2.05, 4.69) is 6.92 Å². The normalized spacial score (nSPS) is 21.3. The number of hydrogen-bond acceptors (Lipinski definition) is 2. The maximum atomic E-state index is 11.1. The summed E-state index contributed by atoms with van der Waals surface area (Å²) in [4.78, 5) is 12.3. The number of nitrogens with one attached hydrogen (secondary N) is 1. The van der Waals surface area contributed by atoms with E-state index in [0.29, 0.717) is 6.04 Å². The zero-order chi connectivity index (χ0) is 11.5. The van der Waals surface area contributed by atoms with Crippen LogP contribution in [0, 0.1) is 0 Å². The summed E-state index contributed by atoms with van der Waals surface area (Å²) in [5, 5.41) is 11.1. The van der Waals surface area contributed by atoms with Gasteiger partial charge in [0.25, 0.3) is 0 Å². The monoisotopic (exact) mass is 213 g/mol. The fourth-order valence-electron chi connectivity index (χ4n) is 2.82. The summed E-state index contributed by atoms with van der Waals surface area (Å²) in [5.74, 6) is -0.926. The van der Waals surface area contributed by atoms with E-state index in [1.54, 1.807) is 13.8 Å². The lowest BCUT2D eigenvalue weighted by atomic mass is 9.90. The summed E-state index contributed by atoms with van der Waals surface area (Å²) < 4.78 is 0. The van der Waals surface area contributed by atoms with Gasteiger partial charge in [0.2, 0.25) is 0 Å². The molecule has 0 spiro atoms. The fraction of sp³-hybridized carbons (Fsp3) is 0.917. The smallest absolute Gasteiger partial charge is 0.132 e. The van der Waals surface area contributed by atoms with E-state index < -0.39 is 11.5 Å². The van der Waals surface area contributed by atoms with Crippen LogP contribution in [0.25, 0.3) is 0 Å². The summed E-state index contributed by atoms with van der Waals surface area (Å²) in [6, 6.07) is 0.511. The molecule has 15 heavy (non-hydrogen) atoms. The van der Waals surface area contributed by atoms with Gasteiger partial charge in [-0.3, -0.25) is 0 Å². The first-order valence-corrected chi connectivity index (χ1v) is 6.07. The molecule has 0 aromatic heterocycles. The van der Waals surface area contributed by atoms with Crippen LogP contribution in [0.1, 0.15) is 52.9 Å². The molecular formula is C12H23NO2. The first-order chi connectivity index (χ1) is 7.00. The average Bonchev–Trinajstić information content (AvgIpc) is 2.19. The second-order valence-corrected chi connectivity index (χ2v) is 5.13. The summed E-state index contributed by atoms with van der Waals surface area (Å²) in [6.07, 6.45) is 6.13. The van der Waals surface area contributed by atoms with E-state index in [1.807, 2.05) is 0 Å². The molecule has 0 aliphatic heterocycles. The van der Waals surface area contributed by atoms with Crippen LogP contribution in [-0.4, -0.2) is 24.1 Å². The third-order valence-corrected chi connectivity index (χ3v) is 3.79. The molecule has 1 fully saturated rings. The Bertz CT molecular complexity index is 220. The number of carbonyl (C=O) groups excluding carboxylic acids is 1. The van der Waals surface area contributed by atoms with Crippen molar-refractivity contribution in [3.05, 3.63) is 0 Å². The van der Waals surface area contributed by atoms with Crippen LogP contribution < -0.4 is 10.0 Å².